The number of halogens is 2. The summed E-state index contributed by atoms with van der Waals surface area (Å²) in [6.45, 7) is 0. The van der Waals surface area contributed by atoms with Crippen LogP contribution < -0.4 is 20.4 Å². The number of hydrogen-bond donors (Lipinski definition) is 2. The first-order valence-electron chi connectivity index (χ1n) is 17.7. The first kappa shape index (κ1) is 39.0. The maximum Gasteiger partial charge on any atom is 0.274 e. The van der Waals surface area contributed by atoms with Crippen molar-refractivity contribution in [2.24, 2.45) is 0 Å². The van der Waals surface area contributed by atoms with Crippen molar-refractivity contribution in [3.05, 3.63) is 137 Å². The van der Waals surface area contributed by atoms with Crippen LogP contribution in [-0.2, 0) is 35.3 Å². The van der Waals surface area contributed by atoms with Gasteiger partial charge in [0.2, 0.25) is 11.8 Å². The number of likely N-dealkylation sites (N-methyl/N-ethyl adjacent to an activating group) is 2. The van der Waals surface area contributed by atoms with Gasteiger partial charge in [0.1, 0.15) is 23.6 Å². The van der Waals surface area contributed by atoms with Crippen molar-refractivity contribution in [3.63, 3.8) is 0 Å². The summed E-state index contributed by atoms with van der Waals surface area (Å²) >= 11 is 15.1. The standard InChI is InChI=1S/2C20H18ClN3O3S/c2*1-24-16-11-18(21)28-17(16)8-7-14(20(24)26)22-19(25)15-10-13(27-23-15)9-12-5-3-2-4-6-12/h2*2-6,10-11,14H,7-9H2,1H3,(H,22,25)/t2*14-/m10/s1. The third-order valence-corrected chi connectivity index (χ3v) is 12.1. The van der Waals surface area contributed by atoms with E-state index in [-0.39, 0.29) is 23.2 Å². The summed E-state index contributed by atoms with van der Waals surface area (Å²) in [6.07, 6.45) is 3.46. The number of hydrogen-bond acceptors (Lipinski definition) is 10. The highest BCUT2D eigenvalue weighted by molar-refractivity contribution is 7.17. The zero-order valence-corrected chi connectivity index (χ0v) is 33.4. The molecule has 2 aliphatic heterocycles. The van der Waals surface area contributed by atoms with Crippen LogP contribution in [0.5, 0.6) is 0 Å². The number of carbonyl (C=O) groups is 4. The molecule has 0 fully saturated rings. The van der Waals surface area contributed by atoms with E-state index in [1.807, 2.05) is 60.7 Å². The Kier molecular flexibility index (Phi) is 12.0. The fraction of sp³-hybridized carbons (Fsp3) is 0.250. The zero-order chi connectivity index (χ0) is 39.3. The number of benzene rings is 2. The largest absolute Gasteiger partial charge is 0.360 e. The Morgan fingerprint density at radius 2 is 1.07 bits per heavy atom. The van der Waals surface area contributed by atoms with E-state index in [0.717, 1.165) is 32.3 Å². The third kappa shape index (κ3) is 9.05. The molecule has 16 heteroatoms. The lowest BCUT2D eigenvalue weighted by molar-refractivity contribution is -0.120. The minimum atomic E-state index is -0.620. The molecule has 56 heavy (non-hydrogen) atoms. The number of thiophene rings is 2. The van der Waals surface area contributed by atoms with Crippen LogP contribution in [0.25, 0.3) is 0 Å². The number of aryl methyl sites for hydroxylation is 2. The third-order valence-electron chi connectivity index (χ3n) is 9.45. The van der Waals surface area contributed by atoms with Crippen LogP contribution >= 0.6 is 45.9 Å². The van der Waals surface area contributed by atoms with Crippen LogP contribution in [0.15, 0.2) is 94.0 Å². The van der Waals surface area contributed by atoms with E-state index in [1.165, 1.54) is 22.7 Å². The molecular formula is C40H36Cl2N6O6S2. The molecule has 0 saturated carbocycles. The second-order valence-corrected chi connectivity index (χ2v) is 16.9. The van der Waals surface area contributed by atoms with E-state index in [9.17, 15) is 19.2 Å². The molecule has 2 N–H and O–H groups in total. The topological polar surface area (TPSA) is 151 Å². The molecule has 0 unspecified atom stereocenters. The molecule has 288 valence electrons. The highest BCUT2D eigenvalue weighted by atomic mass is 35.5. The fourth-order valence-corrected chi connectivity index (χ4v) is 9.15. The predicted octanol–water partition coefficient (Wildman–Crippen LogP) is 7.38. The SMILES string of the molecule is CN1C(=O)[C@@H](NC(=O)c2cc(Cc3ccccc3)on2)CCc2sc(Cl)cc21.CN1C(=O)[C@H](NC(=O)c2cc(Cc3ccccc3)on2)CCc2sc(Cl)cc21. The average molecular weight is 832 g/mol. The minimum Gasteiger partial charge on any atom is -0.360 e. The van der Waals surface area contributed by atoms with Gasteiger partial charge in [0.25, 0.3) is 11.8 Å². The summed E-state index contributed by atoms with van der Waals surface area (Å²) < 4.78 is 11.9. The van der Waals surface area contributed by atoms with Gasteiger partial charge in [-0.3, -0.25) is 19.2 Å². The highest BCUT2D eigenvalue weighted by Gasteiger charge is 2.33. The quantitative estimate of drug-likeness (QED) is 0.161. The van der Waals surface area contributed by atoms with Gasteiger partial charge in [-0.2, -0.15) is 0 Å². The monoisotopic (exact) mass is 830 g/mol. The van der Waals surface area contributed by atoms with Gasteiger partial charge in [-0.25, -0.2) is 0 Å². The van der Waals surface area contributed by atoms with Gasteiger partial charge in [-0.1, -0.05) is 94.2 Å². The Hall–Kier alpha value is -5.28. The van der Waals surface area contributed by atoms with Gasteiger partial charge in [0, 0.05) is 48.8 Å². The van der Waals surface area contributed by atoms with Crippen LogP contribution in [0.4, 0.5) is 11.4 Å². The number of anilines is 2. The van der Waals surface area contributed by atoms with Gasteiger partial charge in [-0.15, -0.1) is 22.7 Å². The Balaban J connectivity index is 0.000000172. The molecule has 0 radical (unpaired) electrons. The second kappa shape index (κ2) is 17.2. The highest BCUT2D eigenvalue weighted by Crippen LogP contribution is 2.37. The summed E-state index contributed by atoms with van der Waals surface area (Å²) in [6, 6.07) is 25.1. The molecule has 4 aromatic heterocycles. The number of carbonyl (C=O) groups excluding carboxylic acids is 4. The van der Waals surface area contributed by atoms with Crippen LogP contribution in [0.1, 0.15) is 66.2 Å². The molecule has 12 nitrogen and oxygen atoms in total. The van der Waals surface area contributed by atoms with Crippen molar-refractivity contribution in [2.45, 2.75) is 50.6 Å². The molecule has 6 aromatic rings. The van der Waals surface area contributed by atoms with Crippen molar-refractivity contribution in [1.29, 1.82) is 0 Å². The normalized spacial score (nSPS) is 16.6. The van der Waals surface area contributed by atoms with Crippen LogP contribution in [0, 0.1) is 0 Å². The van der Waals surface area contributed by atoms with Crippen molar-refractivity contribution >= 4 is 80.9 Å². The van der Waals surface area contributed by atoms with Crippen molar-refractivity contribution in [3.8, 4) is 0 Å². The number of rotatable bonds is 8. The van der Waals surface area contributed by atoms with E-state index in [0.29, 0.717) is 58.7 Å². The van der Waals surface area contributed by atoms with Crippen molar-refractivity contribution in [2.75, 3.05) is 23.9 Å². The molecule has 4 amide bonds. The molecule has 2 atom stereocenters. The van der Waals surface area contributed by atoms with Crippen LogP contribution in [-0.4, -0.2) is 60.1 Å². The van der Waals surface area contributed by atoms with E-state index in [2.05, 4.69) is 20.9 Å². The second-order valence-electron chi connectivity index (χ2n) is 13.3. The molecule has 6 heterocycles. The van der Waals surface area contributed by atoms with Gasteiger partial charge in [0.05, 0.1) is 20.0 Å². The van der Waals surface area contributed by atoms with Crippen LogP contribution in [0.3, 0.4) is 0 Å². The number of aromatic nitrogens is 2. The van der Waals surface area contributed by atoms with E-state index >= 15 is 0 Å². The van der Waals surface area contributed by atoms with Crippen molar-refractivity contribution < 1.29 is 28.2 Å². The first-order chi connectivity index (χ1) is 27.0. The average Bonchev–Trinajstić information content (AvgIpc) is 4.00. The summed E-state index contributed by atoms with van der Waals surface area (Å²) in [4.78, 5) is 55.9. The van der Waals surface area contributed by atoms with E-state index in [4.69, 9.17) is 32.2 Å². The lowest BCUT2D eigenvalue weighted by Crippen LogP contribution is -2.46. The summed E-state index contributed by atoms with van der Waals surface area (Å²) in [5.74, 6) is 0.00954. The van der Waals surface area contributed by atoms with Crippen molar-refractivity contribution in [1.82, 2.24) is 20.9 Å². The number of amides is 4. The Morgan fingerprint density at radius 1 is 0.679 bits per heavy atom. The van der Waals surface area contributed by atoms with E-state index in [1.54, 1.807) is 48.2 Å². The van der Waals surface area contributed by atoms with Gasteiger partial charge < -0.3 is 29.5 Å². The molecule has 0 aliphatic carbocycles. The van der Waals surface area contributed by atoms with E-state index < -0.39 is 23.9 Å². The summed E-state index contributed by atoms with van der Waals surface area (Å²) in [5, 5.41) is 13.3. The smallest absolute Gasteiger partial charge is 0.274 e. The molecule has 0 saturated heterocycles. The lowest BCUT2D eigenvalue weighted by Gasteiger charge is -2.20. The predicted molar refractivity (Wildman–Crippen MR) is 216 cm³/mol. The molecule has 2 aromatic carbocycles. The maximum atomic E-state index is 12.8. The number of fused-ring (bicyclic) bond motifs is 2. The number of nitrogens with zero attached hydrogens (tertiary/aromatic N) is 4. The Morgan fingerprint density at radius 3 is 1.46 bits per heavy atom. The molecular weight excluding hydrogens is 796 g/mol. The summed E-state index contributed by atoms with van der Waals surface area (Å²) in [5.41, 5.74) is 4.09. The van der Waals surface area contributed by atoms with Gasteiger partial charge >= 0.3 is 0 Å². The Labute approximate surface area is 340 Å². The number of nitrogens with one attached hydrogen (secondary N) is 2. The lowest BCUT2D eigenvalue weighted by atomic mass is 10.1. The first-order valence-corrected chi connectivity index (χ1v) is 20.1. The molecule has 2 aliphatic rings. The van der Waals surface area contributed by atoms with Gasteiger partial charge in [-0.05, 0) is 48.9 Å². The minimum absolute atomic E-state index is 0.170. The maximum absolute atomic E-state index is 12.8. The van der Waals surface area contributed by atoms with Crippen LogP contribution in [0.2, 0.25) is 8.67 Å². The Bertz CT molecular complexity index is 2190. The molecule has 0 spiro atoms. The molecule has 8 rings (SSSR count). The molecule has 0 bridgehead atoms. The summed E-state index contributed by atoms with van der Waals surface area (Å²) in [7, 11) is 3.39. The fourth-order valence-electron chi connectivity index (χ4n) is 6.54. The zero-order valence-electron chi connectivity index (χ0n) is 30.3. The van der Waals surface area contributed by atoms with Gasteiger partial charge in [0.15, 0.2) is 11.4 Å².